The predicted octanol–water partition coefficient (Wildman–Crippen LogP) is 3.70. The minimum absolute atomic E-state index is 0.250. The Morgan fingerprint density at radius 1 is 1.36 bits per heavy atom. The molecule has 0 spiro atoms. The third kappa shape index (κ3) is 3.93. The summed E-state index contributed by atoms with van der Waals surface area (Å²) in [5.41, 5.74) is 3.07. The van der Waals surface area contributed by atoms with E-state index in [2.05, 4.69) is 22.5 Å². The number of rotatable bonds is 6. The van der Waals surface area contributed by atoms with Gasteiger partial charge >= 0.3 is 0 Å². The van der Waals surface area contributed by atoms with E-state index in [4.69, 9.17) is 9.26 Å². The zero-order valence-corrected chi connectivity index (χ0v) is 16.1. The third-order valence-corrected chi connectivity index (χ3v) is 4.97. The lowest BCUT2D eigenvalue weighted by Crippen LogP contribution is -2.17. The van der Waals surface area contributed by atoms with Crippen molar-refractivity contribution >= 4 is 11.6 Å². The molecule has 0 fully saturated rings. The van der Waals surface area contributed by atoms with Crippen LogP contribution in [0.15, 0.2) is 41.2 Å². The van der Waals surface area contributed by atoms with E-state index >= 15 is 0 Å². The summed E-state index contributed by atoms with van der Waals surface area (Å²) in [6.07, 6.45) is 6.20. The average Bonchev–Trinajstić information content (AvgIpc) is 3.30. The molecule has 1 amide bonds. The number of anilines is 1. The Balaban J connectivity index is 1.41. The quantitative estimate of drug-likeness (QED) is 0.705. The highest BCUT2D eigenvalue weighted by Gasteiger charge is 2.27. The third-order valence-electron chi connectivity index (χ3n) is 4.97. The Morgan fingerprint density at radius 2 is 2.18 bits per heavy atom. The molecule has 4 rings (SSSR count). The van der Waals surface area contributed by atoms with Crippen LogP contribution in [-0.2, 0) is 19.4 Å². The molecule has 2 aromatic heterocycles. The van der Waals surface area contributed by atoms with Crippen molar-refractivity contribution in [3.8, 4) is 5.75 Å². The second-order valence-corrected chi connectivity index (χ2v) is 7.24. The summed E-state index contributed by atoms with van der Waals surface area (Å²) in [5, 5.41) is 11.2. The first-order chi connectivity index (χ1) is 13.6. The van der Waals surface area contributed by atoms with E-state index in [9.17, 15) is 4.79 Å². The first-order valence-corrected chi connectivity index (χ1v) is 9.65. The van der Waals surface area contributed by atoms with Gasteiger partial charge in [-0.3, -0.25) is 9.48 Å². The number of hydrogen-bond acceptors (Lipinski definition) is 5. The monoisotopic (exact) mass is 380 g/mol. The van der Waals surface area contributed by atoms with Crippen molar-refractivity contribution in [3.63, 3.8) is 0 Å². The summed E-state index contributed by atoms with van der Waals surface area (Å²) in [6.45, 7) is 5.40. The number of aromatic nitrogens is 3. The molecule has 1 unspecified atom stereocenters. The molecule has 0 aliphatic heterocycles. The number of benzene rings is 1. The van der Waals surface area contributed by atoms with Crippen molar-refractivity contribution in [1.82, 2.24) is 14.9 Å². The van der Waals surface area contributed by atoms with Crippen LogP contribution >= 0.6 is 0 Å². The maximum absolute atomic E-state index is 12.6. The molecule has 3 aromatic rings. The Morgan fingerprint density at radius 3 is 2.96 bits per heavy atom. The molecule has 0 saturated carbocycles. The van der Waals surface area contributed by atoms with Crippen LogP contribution in [-0.4, -0.2) is 27.5 Å². The molecule has 146 valence electrons. The van der Waals surface area contributed by atoms with Crippen LogP contribution in [0.4, 0.5) is 5.69 Å². The van der Waals surface area contributed by atoms with Gasteiger partial charge in [0.1, 0.15) is 11.5 Å². The summed E-state index contributed by atoms with van der Waals surface area (Å²) >= 11 is 0. The van der Waals surface area contributed by atoms with Crippen molar-refractivity contribution in [1.29, 1.82) is 0 Å². The maximum atomic E-state index is 12.6. The minimum atomic E-state index is -0.250. The number of nitrogens with zero attached hydrogens (tertiary/aromatic N) is 3. The van der Waals surface area contributed by atoms with Crippen molar-refractivity contribution in [3.05, 3.63) is 59.2 Å². The van der Waals surface area contributed by atoms with Gasteiger partial charge < -0.3 is 14.6 Å². The molecule has 0 bridgehead atoms. The van der Waals surface area contributed by atoms with E-state index in [0.29, 0.717) is 30.5 Å². The normalized spacial score (nSPS) is 15.9. The number of fused-ring (bicyclic) bond motifs is 1. The number of nitrogens with one attached hydrogen (secondary N) is 1. The number of carbonyl (C=O) groups is 1. The fourth-order valence-electron chi connectivity index (χ4n) is 3.51. The van der Waals surface area contributed by atoms with Gasteiger partial charge in [0.2, 0.25) is 0 Å². The van der Waals surface area contributed by atoms with Gasteiger partial charge in [-0.15, -0.1) is 0 Å². The molecule has 1 atom stereocenters. The lowest BCUT2D eigenvalue weighted by atomic mass is 9.88. The topological polar surface area (TPSA) is 82.2 Å². The van der Waals surface area contributed by atoms with Crippen LogP contribution in [0.5, 0.6) is 5.75 Å². The van der Waals surface area contributed by atoms with E-state index in [1.54, 1.807) is 10.9 Å². The van der Waals surface area contributed by atoms with Crippen LogP contribution in [0.25, 0.3) is 0 Å². The van der Waals surface area contributed by atoms with Gasteiger partial charge in [0.05, 0.1) is 25.0 Å². The molecule has 1 N–H and O–H groups in total. The van der Waals surface area contributed by atoms with Crippen LogP contribution in [0.3, 0.4) is 0 Å². The van der Waals surface area contributed by atoms with Gasteiger partial charge in [0, 0.05) is 18.2 Å². The van der Waals surface area contributed by atoms with E-state index in [1.807, 2.05) is 37.4 Å². The Kier molecular flexibility index (Phi) is 5.14. The van der Waals surface area contributed by atoms with Crippen LogP contribution in [0, 0.1) is 5.92 Å². The van der Waals surface area contributed by atoms with Gasteiger partial charge in [0.15, 0.2) is 5.69 Å². The number of carbonyl (C=O) groups excluding carboxylic acids is 1. The maximum Gasteiger partial charge on any atom is 0.278 e. The first-order valence-electron chi connectivity index (χ1n) is 9.65. The molecule has 2 heterocycles. The predicted molar refractivity (Wildman–Crippen MR) is 105 cm³/mol. The molecule has 1 aromatic carbocycles. The van der Waals surface area contributed by atoms with E-state index in [0.717, 1.165) is 41.9 Å². The van der Waals surface area contributed by atoms with Gasteiger partial charge in [0.25, 0.3) is 5.91 Å². The number of amides is 1. The molecular formula is C21H24N4O3. The van der Waals surface area contributed by atoms with Gasteiger partial charge in [-0.05, 0) is 43.4 Å². The van der Waals surface area contributed by atoms with Crippen LogP contribution in [0.1, 0.15) is 47.6 Å². The summed E-state index contributed by atoms with van der Waals surface area (Å²) < 4.78 is 12.6. The Bertz CT molecular complexity index is 958. The lowest BCUT2D eigenvalue weighted by Gasteiger charge is -2.16. The van der Waals surface area contributed by atoms with Crippen molar-refractivity contribution in [2.45, 2.75) is 39.7 Å². The molecule has 7 nitrogen and oxygen atoms in total. The van der Waals surface area contributed by atoms with E-state index in [-0.39, 0.29) is 5.91 Å². The number of aryl methyl sites for hydroxylation is 1. The Labute approximate surface area is 163 Å². The fourth-order valence-corrected chi connectivity index (χ4v) is 3.51. The second kappa shape index (κ2) is 7.88. The zero-order chi connectivity index (χ0) is 19.5. The molecule has 0 radical (unpaired) electrons. The Hall–Kier alpha value is -3.09. The number of ether oxygens (including phenoxy) is 1. The van der Waals surface area contributed by atoms with Crippen molar-refractivity contribution in [2.75, 3.05) is 11.9 Å². The van der Waals surface area contributed by atoms with Gasteiger partial charge in [-0.25, -0.2) is 0 Å². The van der Waals surface area contributed by atoms with Gasteiger partial charge in [-0.2, -0.15) is 5.10 Å². The lowest BCUT2D eigenvalue weighted by molar-refractivity contribution is 0.101. The molecular weight excluding hydrogens is 356 g/mol. The fraction of sp³-hybridized carbons (Fsp3) is 0.381. The summed E-state index contributed by atoms with van der Waals surface area (Å²) in [5.74, 6) is 1.98. The molecule has 28 heavy (non-hydrogen) atoms. The molecule has 7 heteroatoms. The van der Waals surface area contributed by atoms with Crippen LogP contribution in [0.2, 0.25) is 0 Å². The number of hydrogen-bond donors (Lipinski definition) is 1. The largest absolute Gasteiger partial charge is 0.494 e. The summed E-state index contributed by atoms with van der Waals surface area (Å²) in [7, 11) is 0. The SMILES string of the molecule is CCOc1ccc(Cn2cc(NC(=O)c3noc4c3CC(C)CC4)cn2)cc1. The van der Waals surface area contributed by atoms with Crippen molar-refractivity contribution in [2.24, 2.45) is 5.92 Å². The van der Waals surface area contributed by atoms with Crippen molar-refractivity contribution < 1.29 is 14.1 Å². The highest BCUT2D eigenvalue weighted by Crippen LogP contribution is 2.28. The molecule has 0 saturated heterocycles. The summed E-state index contributed by atoms with van der Waals surface area (Å²) in [4.78, 5) is 12.6. The summed E-state index contributed by atoms with van der Waals surface area (Å²) in [6, 6.07) is 7.90. The highest BCUT2D eigenvalue weighted by atomic mass is 16.5. The highest BCUT2D eigenvalue weighted by molar-refractivity contribution is 6.03. The van der Waals surface area contributed by atoms with Gasteiger partial charge in [-0.1, -0.05) is 24.2 Å². The van der Waals surface area contributed by atoms with E-state index in [1.165, 1.54) is 0 Å². The average molecular weight is 380 g/mol. The second-order valence-electron chi connectivity index (χ2n) is 7.24. The molecule has 1 aliphatic rings. The minimum Gasteiger partial charge on any atom is -0.494 e. The zero-order valence-electron chi connectivity index (χ0n) is 16.1. The smallest absolute Gasteiger partial charge is 0.278 e. The first kappa shape index (κ1) is 18.3. The van der Waals surface area contributed by atoms with Crippen LogP contribution < -0.4 is 10.1 Å². The molecule has 1 aliphatic carbocycles. The van der Waals surface area contributed by atoms with E-state index < -0.39 is 0 Å². The standard InChI is InChI=1S/C21H24N4O3/c1-3-27-17-7-5-15(6-8-17)12-25-13-16(11-22-25)23-21(26)20-18-10-14(2)4-9-19(18)28-24-20/h5-8,11,13-14H,3-4,9-10,12H2,1-2H3,(H,23,26).